The molecule has 0 N–H and O–H groups in total. The van der Waals surface area contributed by atoms with Crippen LogP contribution < -0.4 is 0 Å². The average molecular weight is 178 g/mol. The third-order valence-corrected chi connectivity index (χ3v) is 8.43. The number of hydrogen-bond acceptors (Lipinski definition) is 3. The van der Waals surface area contributed by atoms with Crippen molar-refractivity contribution in [2.75, 3.05) is 0 Å². The molecule has 0 amide bonds. The SMILES string of the molecule is CC1C(C)C2SC1S2(=O)=O. The van der Waals surface area contributed by atoms with Crippen molar-refractivity contribution in [3.8, 4) is 0 Å². The average Bonchev–Trinajstić information content (AvgIpc) is 2.18. The molecule has 3 aliphatic heterocycles. The fourth-order valence-electron chi connectivity index (χ4n) is 1.71. The van der Waals surface area contributed by atoms with Crippen molar-refractivity contribution in [3.63, 3.8) is 0 Å². The highest BCUT2D eigenvalue weighted by molar-refractivity contribution is 8.30. The van der Waals surface area contributed by atoms with E-state index < -0.39 is 9.84 Å². The number of fused-ring (bicyclic) bond motifs is 1. The molecule has 0 saturated carbocycles. The van der Waals surface area contributed by atoms with E-state index in [1.807, 2.05) is 13.8 Å². The Bertz CT molecular complexity index is 237. The molecular formula is C6H10O2S2. The second kappa shape index (κ2) is 1.72. The molecule has 2 bridgehead atoms. The fraction of sp³-hybridized carbons (Fsp3) is 1.00. The first-order chi connectivity index (χ1) is 4.55. The fourth-order valence-corrected chi connectivity index (χ4v) is 6.77. The van der Waals surface area contributed by atoms with E-state index >= 15 is 0 Å². The molecule has 0 aliphatic carbocycles. The lowest BCUT2D eigenvalue weighted by Gasteiger charge is -2.24. The Morgan fingerprint density at radius 1 is 1.10 bits per heavy atom. The summed E-state index contributed by atoms with van der Waals surface area (Å²) in [7, 11) is -2.66. The van der Waals surface area contributed by atoms with Crippen LogP contribution in [-0.4, -0.2) is 17.6 Å². The van der Waals surface area contributed by atoms with Gasteiger partial charge in [-0.1, -0.05) is 13.8 Å². The van der Waals surface area contributed by atoms with Gasteiger partial charge in [-0.3, -0.25) is 0 Å². The Morgan fingerprint density at radius 2 is 1.50 bits per heavy atom. The van der Waals surface area contributed by atoms with Gasteiger partial charge in [0.15, 0.2) is 9.84 Å². The number of hydrogen-bond donors (Lipinski definition) is 0. The maximum Gasteiger partial charge on any atom is 0.175 e. The lowest BCUT2D eigenvalue weighted by molar-refractivity contribution is 0.491. The highest BCUT2D eigenvalue weighted by Gasteiger charge is 2.61. The number of thioether (sulfide) groups is 1. The largest absolute Gasteiger partial charge is 0.227 e. The molecule has 4 heteroatoms. The van der Waals surface area contributed by atoms with Crippen LogP contribution in [0.3, 0.4) is 0 Å². The zero-order valence-corrected chi connectivity index (χ0v) is 7.58. The molecule has 0 radical (unpaired) electrons. The van der Waals surface area contributed by atoms with Crippen LogP contribution in [0.2, 0.25) is 0 Å². The Labute approximate surface area is 65.3 Å². The van der Waals surface area contributed by atoms with Gasteiger partial charge in [0.2, 0.25) is 0 Å². The summed E-state index contributed by atoms with van der Waals surface area (Å²) in [5.41, 5.74) is 0. The van der Waals surface area contributed by atoms with Gasteiger partial charge in [-0.2, -0.15) is 0 Å². The van der Waals surface area contributed by atoms with Gasteiger partial charge in [0.25, 0.3) is 0 Å². The third-order valence-electron chi connectivity index (χ3n) is 2.60. The van der Waals surface area contributed by atoms with Crippen molar-refractivity contribution >= 4 is 21.6 Å². The molecule has 58 valence electrons. The maximum absolute atomic E-state index is 11.2. The van der Waals surface area contributed by atoms with E-state index in [1.165, 1.54) is 0 Å². The summed E-state index contributed by atoms with van der Waals surface area (Å²) >= 11 is 1.63. The van der Waals surface area contributed by atoms with Crippen LogP contribution in [0, 0.1) is 11.8 Å². The van der Waals surface area contributed by atoms with E-state index in [1.54, 1.807) is 11.8 Å². The number of rotatable bonds is 0. The van der Waals surface area contributed by atoms with Gasteiger partial charge in [0.1, 0.15) is 9.16 Å². The molecule has 4 unspecified atom stereocenters. The van der Waals surface area contributed by atoms with Crippen LogP contribution in [0.25, 0.3) is 0 Å². The first-order valence-electron chi connectivity index (χ1n) is 3.43. The lowest BCUT2D eigenvalue weighted by Crippen LogP contribution is -2.32. The van der Waals surface area contributed by atoms with Gasteiger partial charge >= 0.3 is 0 Å². The molecule has 3 rings (SSSR count). The lowest BCUT2D eigenvalue weighted by atomic mass is 10.0. The van der Waals surface area contributed by atoms with Crippen LogP contribution in [0.1, 0.15) is 13.8 Å². The summed E-state index contributed by atoms with van der Waals surface area (Å²) in [5, 5.41) is 0. The highest BCUT2D eigenvalue weighted by Crippen LogP contribution is 2.58. The van der Waals surface area contributed by atoms with Crippen LogP contribution in [0.15, 0.2) is 0 Å². The molecule has 3 aliphatic rings. The van der Waals surface area contributed by atoms with Crippen molar-refractivity contribution in [2.24, 2.45) is 11.8 Å². The van der Waals surface area contributed by atoms with Gasteiger partial charge in [0.05, 0.1) is 0 Å². The summed E-state index contributed by atoms with van der Waals surface area (Å²) in [5.74, 6) is 0.750. The standard InChI is InChI=1S/C6H10O2S2/c1-3-4(2)6-9-5(3)10(6,7)8/h3-6H,1-2H3. The highest BCUT2D eigenvalue weighted by atomic mass is 32.3. The summed E-state index contributed by atoms with van der Waals surface area (Å²) in [6.45, 7) is 4.07. The first kappa shape index (κ1) is 6.98. The summed E-state index contributed by atoms with van der Waals surface area (Å²) in [4.78, 5) is 0. The molecule has 2 nitrogen and oxygen atoms in total. The zero-order chi connectivity index (χ0) is 7.52. The third kappa shape index (κ3) is 0.552. The second-order valence-corrected chi connectivity index (χ2v) is 7.26. The Hall–Kier alpha value is 0.300. The van der Waals surface area contributed by atoms with Gasteiger partial charge in [-0.25, -0.2) is 8.42 Å². The van der Waals surface area contributed by atoms with Gasteiger partial charge in [0, 0.05) is 0 Å². The van der Waals surface area contributed by atoms with E-state index in [-0.39, 0.29) is 9.16 Å². The minimum absolute atomic E-state index is 0.0625. The van der Waals surface area contributed by atoms with Crippen molar-refractivity contribution in [1.29, 1.82) is 0 Å². The van der Waals surface area contributed by atoms with Gasteiger partial charge in [-0.05, 0) is 11.8 Å². The monoisotopic (exact) mass is 178 g/mol. The van der Waals surface area contributed by atoms with E-state index in [2.05, 4.69) is 0 Å². The Morgan fingerprint density at radius 3 is 1.60 bits per heavy atom. The minimum atomic E-state index is -2.66. The Balaban J connectivity index is 2.43. The smallest absolute Gasteiger partial charge is 0.175 e. The van der Waals surface area contributed by atoms with E-state index in [4.69, 9.17) is 0 Å². The predicted octanol–water partition coefficient (Wildman–Crippen LogP) is 1.09. The van der Waals surface area contributed by atoms with Crippen LogP contribution in [0.4, 0.5) is 0 Å². The summed E-state index contributed by atoms with van der Waals surface area (Å²) in [6.07, 6.45) is 0. The van der Waals surface area contributed by atoms with Gasteiger partial charge in [-0.15, -0.1) is 11.8 Å². The maximum atomic E-state index is 11.2. The molecular weight excluding hydrogens is 168 g/mol. The second-order valence-electron chi connectivity index (χ2n) is 3.18. The van der Waals surface area contributed by atoms with E-state index in [9.17, 15) is 8.42 Å². The van der Waals surface area contributed by atoms with Crippen molar-refractivity contribution in [2.45, 2.75) is 23.0 Å². The van der Waals surface area contributed by atoms with Crippen molar-refractivity contribution in [3.05, 3.63) is 0 Å². The zero-order valence-electron chi connectivity index (χ0n) is 5.94. The molecule has 0 aromatic rings. The minimum Gasteiger partial charge on any atom is -0.227 e. The quantitative estimate of drug-likeness (QED) is 0.557. The molecule has 3 saturated heterocycles. The van der Waals surface area contributed by atoms with Crippen LogP contribution in [0.5, 0.6) is 0 Å². The van der Waals surface area contributed by atoms with Crippen molar-refractivity contribution in [1.82, 2.24) is 0 Å². The summed E-state index contributed by atoms with van der Waals surface area (Å²) in [6, 6.07) is 0. The molecule has 3 fully saturated rings. The van der Waals surface area contributed by atoms with Crippen molar-refractivity contribution < 1.29 is 8.42 Å². The van der Waals surface area contributed by atoms with Crippen LogP contribution >= 0.6 is 11.8 Å². The molecule has 4 atom stereocenters. The molecule has 0 aromatic heterocycles. The normalized spacial score (nSPS) is 56.2. The topological polar surface area (TPSA) is 34.1 Å². The first-order valence-corrected chi connectivity index (χ1v) is 5.98. The van der Waals surface area contributed by atoms with Gasteiger partial charge < -0.3 is 0 Å². The number of sulfone groups is 1. The van der Waals surface area contributed by atoms with Crippen LogP contribution in [-0.2, 0) is 9.84 Å². The molecule has 3 heterocycles. The molecule has 0 spiro atoms. The Kier molecular flexibility index (Phi) is 1.20. The molecule has 0 aromatic carbocycles. The predicted molar refractivity (Wildman–Crippen MR) is 42.4 cm³/mol. The summed E-state index contributed by atoms with van der Waals surface area (Å²) < 4.78 is 22.3. The van der Waals surface area contributed by atoms with E-state index in [0.717, 1.165) is 0 Å². The van der Waals surface area contributed by atoms with E-state index in [0.29, 0.717) is 11.8 Å². The molecule has 10 heavy (non-hydrogen) atoms.